The average Bonchev–Trinajstić information content (AvgIpc) is 3.16. The van der Waals surface area contributed by atoms with Crippen LogP contribution in [0.3, 0.4) is 0 Å². The molecule has 3 heterocycles. The summed E-state index contributed by atoms with van der Waals surface area (Å²) in [5.41, 5.74) is 2.43. The Morgan fingerprint density at radius 2 is 1.84 bits per heavy atom. The van der Waals surface area contributed by atoms with E-state index in [0.29, 0.717) is 12.0 Å². The lowest BCUT2D eigenvalue weighted by Gasteiger charge is -2.41. The molecule has 1 aromatic heterocycles. The molecular formula is C20H26N2O3. The summed E-state index contributed by atoms with van der Waals surface area (Å²) in [4.78, 5) is 16.1. The van der Waals surface area contributed by atoms with Crippen LogP contribution >= 0.6 is 0 Å². The highest BCUT2D eigenvalue weighted by Gasteiger charge is 2.30. The Morgan fingerprint density at radius 1 is 1.08 bits per heavy atom. The first-order chi connectivity index (χ1) is 12.3. The number of rotatable bonds is 2. The molecule has 0 N–H and O–H groups in total. The summed E-state index contributed by atoms with van der Waals surface area (Å²) in [6.07, 6.45) is 6.05. The summed E-state index contributed by atoms with van der Waals surface area (Å²) in [6, 6.07) is 9.12. The van der Waals surface area contributed by atoms with E-state index in [1.54, 1.807) is 6.26 Å². The van der Waals surface area contributed by atoms with Crippen LogP contribution in [0.15, 0.2) is 34.9 Å². The maximum Gasteiger partial charge on any atom is 0.409 e. The standard InChI is InChI=1S/C20H26N2O3/c1-24-20(23)22-12-7-17(8-13-22)21-10-5-15(6-11-21)18-4-2-3-16-9-14-25-19(16)18/h2-4,9,14-15,17H,5-8,10-13H2,1H3. The van der Waals surface area contributed by atoms with Gasteiger partial charge in [0.05, 0.1) is 13.4 Å². The molecule has 1 amide bonds. The number of para-hydroxylation sites is 1. The third kappa shape index (κ3) is 3.25. The van der Waals surface area contributed by atoms with Gasteiger partial charge in [-0.15, -0.1) is 0 Å². The van der Waals surface area contributed by atoms with E-state index < -0.39 is 0 Å². The lowest BCUT2D eigenvalue weighted by molar-refractivity contribution is 0.0734. The topological polar surface area (TPSA) is 45.9 Å². The minimum atomic E-state index is -0.191. The van der Waals surface area contributed by atoms with Crippen molar-refractivity contribution in [2.45, 2.75) is 37.6 Å². The number of carbonyl (C=O) groups excluding carboxylic acids is 1. The van der Waals surface area contributed by atoms with Crippen LogP contribution in [0, 0.1) is 0 Å². The molecule has 0 atom stereocenters. The van der Waals surface area contributed by atoms with Gasteiger partial charge in [0.25, 0.3) is 0 Å². The molecule has 2 saturated heterocycles. The van der Waals surface area contributed by atoms with Crippen molar-refractivity contribution in [3.8, 4) is 0 Å². The molecule has 4 rings (SSSR count). The van der Waals surface area contributed by atoms with Crippen LogP contribution in [-0.2, 0) is 4.74 Å². The number of ether oxygens (including phenoxy) is 1. The summed E-state index contributed by atoms with van der Waals surface area (Å²) in [5, 5.41) is 1.20. The van der Waals surface area contributed by atoms with Crippen molar-refractivity contribution in [3.05, 3.63) is 36.1 Å². The van der Waals surface area contributed by atoms with Gasteiger partial charge in [-0.05, 0) is 56.3 Å². The van der Waals surface area contributed by atoms with Gasteiger partial charge in [-0.2, -0.15) is 0 Å². The van der Waals surface area contributed by atoms with E-state index in [-0.39, 0.29) is 6.09 Å². The molecule has 2 aromatic rings. The number of likely N-dealkylation sites (tertiary alicyclic amines) is 2. The molecule has 0 spiro atoms. The van der Waals surface area contributed by atoms with Crippen molar-refractivity contribution < 1.29 is 13.9 Å². The molecule has 0 aliphatic carbocycles. The fourth-order valence-corrected chi connectivity index (χ4v) is 4.46. The van der Waals surface area contributed by atoms with E-state index in [1.165, 1.54) is 30.9 Å². The fourth-order valence-electron chi connectivity index (χ4n) is 4.46. The molecule has 2 aliphatic rings. The minimum Gasteiger partial charge on any atom is -0.464 e. The number of fused-ring (bicyclic) bond motifs is 1. The quantitative estimate of drug-likeness (QED) is 0.832. The number of nitrogens with zero attached hydrogens (tertiary/aromatic N) is 2. The Hall–Kier alpha value is -2.01. The highest BCUT2D eigenvalue weighted by atomic mass is 16.5. The average molecular weight is 342 g/mol. The molecule has 2 aliphatic heterocycles. The van der Waals surface area contributed by atoms with Crippen molar-refractivity contribution >= 4 is 17.1 Å². The van der Waals surface area contributed by atoms with Gasteiger partial charge in [-0.3, -0.25) is 0 Å². The Bertz CT molecular complexity index is 725. The summed E-state index contributed by atoms with van der Waals surface area (Å²) in [6.45, 7) is 3.88. The molecule has 2 fully saturated rings. The zero-order valence-electron chi connectivity index (χ0n) is 14.8. The zero-order valence-corrected chi connectivity index (χ0v) is 14.8. The van der Waals surface area contributed by atoms with Gasteiger partial charge in [-0.1, -0.05) is 18.2 Å². The lowest BCUT2D eigenvalue weighted by Crippen LogP contribution is -2.48. The number of hydrogen-bond donors (Lipinski definition) is 0. The Kier molecular flexibility index (Phi) is 4.66. The Morgan fingerprint density at radius 3 is 2.56 bits per heavy atom. The molecule has 1 aromatic carbocycles. The highest BCUT2D eigenvalue weighted by Crippen LogP contribution is 2.34. The number of benzene rings is 1. The molecule has 0 bridgehead atoms. The van der Waals surface area contributed by atoms with E-state index in [4.69, 9.17) is 9.15 Å². The molecule has 134 valence electrons. The second-order valence-electron chi connectivity index (χ2n) is 7.18. The van der Waals surface area contributed by atoms with Crippen LogP contribution < -0.4 is 0 Å². The lowest BCUT2D eigenvalue weighted by atomic mass is 9.87. The van der Waals surface area contributed by atoms with Crippen LogP contribution in [0.25, 0.3) is 11.0 Å². The number of methoxy groups -OCH3 is 1. The Labute approximate surface area is 148 Å². The molecule has 25 heavy (non-hydrogen) atoms. The summed E-state index contributed by atoms with van der Waals surface area (Å²) in [5.74, 6) is 0.584. The van der Waals surface area contributed by atoms with Crippen molar-refractivity contribution in [1.29, 1.82) is 0 Å². The van der Waals surface area contributed by atoms with Gasteiger partial charge in [0, 0.05) is 24.5 Å². The molecule has 5 heteroatoms. The van der Waals surface area contributed by atoms with Gasteiger partial charge in [-0.25, -0.2) is 4.79 Å². The van der Waals surface area contributed by atoms with Crippen LogP contribution in [0.1, 0.15) is 37.2 Å². The number of carbonyl (C=O) groups is 1. The van der Waals surface area contributed by atoms with Crippen LogP contribution in [0.5, 0.6) is 0 Å². The molecule has 0 unspecified atom stereocenters. The Balaban J connectivity index is 1.35. The fraction of sp³-hybridized carbons (Fsp3) is 0.550. The van der Waals surface area contributed by atoms with Gasteiger partial charge < -0.3 is 19.0 Å². The molecule has 0 saturated carbocycles. The van der Waals surface area contributed by atoms with Crippen LogP contribution in [0.2, 0.25) is 0 Å². The first-order valence-electron chi connectivity index (χ1n) is 9.29. The van der Waals surface area contributed by atoms with E-state index in [1.807, 2.05) is 11.0 Å². The van der Waals surface area contributed by atoms with E-state index in [0.717, 1.165) is 44.6 Å². The normalized spacial score (nSPS) is 20.9. The largest absolute Gasteiger partial charge is 0.464 e. The van der Waals surface area contributed by atoms with Crippen molar-refractivity contribution in [2.75, 3.05) is 33.3 Å². The second kappa shape index (κ2) is 7.08. The summed E-state index contributed by atoms with van der Waals surface area (Å²) >= 11 is 0. The monoisotopic (exact) mass is 342 g/mol. The minimum absolute atomic E-state index is 0.191. The number of amides is 1. The van der Waals surface area contributed by atoms with E-state index in [9.17, 15) is 4.79 Å². The molecular weight excluding hydrogens is 316 g/mol. The molecule has 0 radical (unpaired) electrons. The van der Waals surface area contributed by atoms with Gasteiger partial charge in [0.1, 0.15) is 5.58 Å². The number of hydrogen-bond acceptors (Lipinski definition) is 4. The predicted molar refractivity (Wildman–Crippen MR) is 96.8 cm³/mol. The van der Waals surface area contributed by atoms with Crippen molar-refractivity contribution in [3.63, 3.8) is 0 Å². The summed E-state index contributed by atoms with van der Waals surface area (Å²) < 4.78 is 10.6. The number of piperidine rings is 2. The SMILES string of the molecule is COC(=O)N1CCC(N2CCC(c3cccc4ccoc34)CC2)CC1. The van der Waals surface area contributed by atoms with Gasteiger partial charge >= 0.3 is 6.09 Å². The molecule has 5 nitrogen and oxygen atoms in total. The van der Waals surface area contributed by atoms with E-state index in [2.05, 4.69) is 23.1 Å². The van der Waals surface area contributed by atoms with E-state index >= 15 is 0 Å². The zero-order chi connectivity index (χ0) is 17.2. The second-order valence-corrected chi connectivity index (χ2v) is 7.18. The maximum atomic E-state index is 11.6. The first-order valence-corrected chi connectivity index (χ1v) is 9.29. The smallest absolute Gasteiger partial charge is 0.409 e. The highest BCUT2D eigenvalue weighted by molar-refractivity contribution is 5.80. The number of furan rings is 1. The maximum absolute atomic E-state index is 11.6. The summed E-state index contributed by atoms with van der Waals surface area (Å²) in [7, 11) is 1.46. The van der Waals surface area contributed by atoms with Crippen molar-refractivity contribution in [2.24, 2.45) is 0 Å². The first kappa shape index (κ1) is 16.5. The van der Waals surface area contributed by atoms with Gasteiger partial charge in [0.15, 0.2) is 0 Å². The van der Waals surface area contributed by atoms with Crippen LogP contribution in [-0.4, -0.2) is 55.2 Å². The van der Waals surface area contributed by atoms with Gasteiger partial charge in [0.2, 0.25) is 0 Å². The third-order valence-electron chi connectivity index (χ3n) is 5.89. The van der Waals surface area contributed by atoms with Crippen molar-refractivity contribution in [1.82, 2.24) is 9.80 Å². The van der Waals surface area contributed by atoms with Crippen LogP contribution in [0.4, 0.5) is 4.79 Å². The predicted octanol–water partition coefficient (Wildman–Crippen LogP) is 3.84. The third-order valence-corrected chi connectivity index (χ3v) is 5.89.